The van der Waals surface area contributed by atoms with E-state index in [-0.39, 0.29) is 12.5 Å². The van der Waals surface area contributed by atoms with Gasteiger partial charge in [0.05, 0.1) is 12.0 Å². The highest BCUT2D eigenvalue weighted by Gasteiger charge is 2.51. The Morgan fingerprint density at radius 3 is 2.67 bits per heavy atom. The van der Waals surface area contributed by atoms with E-state index in [4.69, 9.17) is 0 Å². The largest absolute Gasteiger partial charge is 0.395 e. The average molecular weight is 212 g/mol. The van der Waals surface area contributed by atoms with Crippen LogP contribution in [-0.2, 0) is 4.79 Å². The molecule has 2 rings (SSSR count). The maximum Gasteiger partial charge on any atom is 0.231 e. The van der Waals surface area contributed by atoms with E-state index >= 15 is 0 Å². The lowest BCUT2D eigenvalue weighted by Crippen LogP contribution is -2.43. The molecule has 1 saturated carbocycles. The number of carbonyl (C=O) groups is 1. The molecular weight excluding hydrogens is 192 g/mol. The Kier molecular flexibility index (Phi) is 2.73. The van der Waals surface area contributed by atoms with Crippen LogP contribution in [0, 0.1) is 5.41 Å². The minimum Gasteiger partial charge on any atom is -0.395 e. The van der Waals surface area contributed by atoms with Gasteiger partial charge in [0, 0.05) is 19.6 Å². The summed E-state index contributed by atoms with van der Waals surface area (Å²) in [5.74, 6) is 0.144. The minimum atomic E-state index is -0.407. The first-order chi connectivity index (χ1) is 7.09. The number of likely N-dealkylation sites (N-methyl/N-ethyl adjacent to an activating group) is 2. The number of hydrogen-bond acceptors (Lipinski definition) is 3. The molecule has 2 fully saturated rings. The van der Waals surface area contributed by atoms with Crippen LogP contribution in [0.4, 0.5) is 0 Å². The minimum absolute atomic E-state index is 0.0126. The van der Waals surface area contributed by atoms with Crippen molar-refractivity contribution in [2.45, 2.75) is 25.3 Å². The van der Waals surface area contributed by atoms with Gasteiger partial charge in [-0.05, 0) is 32.9 Å². The molecule has 1 aliphatic heterocycles. The second-order valence-electron chi connectivity index (χ2n) is 5.06. The topological polar surface area (TPSA) is 43.8 Å². The number of aliphatic hydroxyl groups excluding tert-OH is 1. The molecule has 4 heteroatoms. The van der Waals surface area contributed by atoms with Crippen LogP contribution in [0.15, 0.2) is 0 Å². The predicted molar refractivity (Wildman–Crippen MR) is 57.4 cm³/mol. The van der Waals surface area contributed by atoms with Crippen molar-refractivity contribution >= 4 is 5.91 Å². The highest BCUT2D eigenvalue weighted by atomic mass is 16.3. The lowest BCUT2D eigenvalue weighted by Gasteiger charge is -2.28. The van der Waals surface area contributed by atoms with Crippen LogP contribution in [0.5, 0.6) is 0 Å². The smallest absolute Gasteiger partial charge is 0.231 e. The van der Waals surface area contributed by atoms with Gasteiger partial charge in [-0.2, -0.15) is 0 Å². The second-order valence-corrected chi connectivity index (χ2v) is 5.06. The molecule has 1 N–H and O–H groups in total. The van der Waals surface area contributed by atoms with Gasteiger partial charge in [-0.25, -0.2) is 0 Å². The van der Waals surface area contributed by atoms with Crippen molar-refractivity contribution in [2.24, 2.45) is 5.41 Å². The van der Waals surface area contributed by atoms with Crippen molar-refractivity contribution in [3.63, 3.8) is 0 Å². The van der Waals surface area contributed by atoms with Gasteiger partial charge in [0.15, 0.2) is 0 Å². The van der Waals surface area contributed by atoms with Crippen molar-refractivity contribution in [3.8, 4) is 0 Å². The van der Waals surface area contributed by atoms with E-state index in [1.165, 1.54) is 0 Å². The fraction of sp³-hybridized carbons (Fsp3) is 0.909. The third-order valence-electron chi connectivity index (χ3n) is 3.84. The lowest BCUT2D eigenvalue weighted by atomic mass is 10.1. The number of aliphatic hydroxyl groups is 1. The summed E-state index contributed by atoms with van der Waals surface area (Å²) in [6, 6.07) is 0.339. The van der Waals surface area contributed by atoms with Crippen LogP contribution in [0.25, 0.3) is 0 Å². The number of carbonyl (C=O) groups excluding carboxylic acids is 1. The van der Waals surface area contributed by atoms with Gasteiger partial charge in [0.25, 0.3) is 0 Å². The van der Waals surface area contributed by atoms with Gasteiger partial charge in [-0.15, -0.1) is 0 Å². The fourth-order valence-electron chi connectivity index (χ4n) is 2.36. The monoisotopic (exact) mass is 212 g/mol. The average Bonchev–Trinajstić information content (AvgIpc) is 2.93. The zero-order chi connectivity index (χ0) is 11.1. The molecule has 0 aromatic heterocycles. The Hall–Kier alpha value is -0.610. The van der Waals surface area contributed by atoms with E-state index in [0.29, 0.717) is 6.04 Å². The van der Waals surface area contributed by atoms with E-state index in [1.807, 2.05) is 11.9 Å². The highest BCUT2D eigenvalue weighted by molar-refractivity contribution is 5.85. The van der Waals surface area contributed by atoms with Crippen molar-refractivity contribution in [2.75, 3.05) is 33.8 Å². The summed E-state index contributed by atoms with van der Waals surface area (Å²) < 4.78 is 0. The summed E-state index contributed by atoms with van der Waals surface area (Å²) >= 11 is 0. The summed E-state index contributed by atoms with van der Waals surface area (Å²) in [5.41, 5.74) is -0.407. The number of hydrogen-bond donors (Lipinski definition) is 1. The maximum atomic E-state index is 12.1. The molecule has 2 aliphatic rings. The highest BCUT2D eigenvalue weighted by Crippen LogP contribution is 2.46. The number of amides is 1. The molecule has 1 atom stereocenters. The van der Waals surface area contributed by atoms with Gasteiger partial charge in [-0.3, -0.25) is 4.79 Å². The molecule has 0 aromatic carbocycles. The van der Waals surface area contributed by atoms with Gasteiger partial charge in [-0.1, -0.05) is 0 Å². The molecule has 86 valence electrons. The number of likely N-dealkylation sites (tertiary alicyclic amines) is 1. The standard InChI is InChI=1S/C11H20N2O2/c1-12-6-3-9(7-12)13(2)10(15)11(8-14)4-5-11/h9,14H,3-8H2,1-2H3. The Morgan fingerprint density at radius 1 is 1.60 bits per heavy atom. The SMILES string of the molecule is CN1CCC(N(C)C(=O)C2(CO)CC2)C1. The summed E-state index contributed by atoms with van der Waals surface area (Å²) in [5, 5.41) is 9.21. The van der Waals surface area contributed by atoms with Crippen LogP contribution in [0.2, 0.25) is 0 Å². The predicted octanol–water partition coefficient (Wildman–Crippen LogP) is -0.0786. The van der Waals surface area contributed by atoms with E-state index in [9.17, 15) is 9.90 Å². The Morgan fingerprint density at radius 2 is 2.27 bits per heavy atom. The molecule has 0 aromatic rings. The van der Waals surface area contributed by atoms with Crippen LogP contribution in [0.3, 0.4) is 0 Å². The molecular formula is C11H20N2O2. The molecule has 0 spiro atoms. The molecule has 15 heavy (non-hydrogen) atoms. The van der Waals surface area contributed by atoms with Crippen molar-refractivity contribution in [1.82, 2.24) is 9.80 Å². The summed E-state index contributed by atoms with van der Waals surface area (Å²) in [7, 11) is 3.96. The van der Waals surface area contributed by atoms with Gasteiger partial charge in [0.2, 0.25) is 5.91 Å². The molecule has 1 unspecified atom stereocenters. The summed E-state index contributed by atoms with van der Waals surface area (Å²) in [6.07, 6.45) is 2.77. The fourth-order valence-corrected chi connectivity index (χ4v) is 2.36. The molecule has 1 heterocycles. The van der Waals surface area contributed by atoms with Crippen LogP contribution < -0.4 is 0 Å². The van der Waals surface area contributed by atoms with Crippen molar-refractivity contribution < 1.29 is 9.90 Å². The Labute approximate surface area is 90.9 Å². The van der Waals surface area contributed by atoms with Crippen LogP contribution in [-0.4, -0.2) is 60.6 Å². The van der Waals surface area contributed by atoms with Gasteiger partial charge < -0.3 is 14.9 Å². The maximum absolute atomic E-state index is 12.1. The zero-order valence-corrected chi connectivity index (χ0v) is 9.57. The molecule has 0 radical (unpaired) electrons. The lowest BCUT2D eigenvalue weighted by molar-refractivity contribution is -0.139. The first-order valence-electron chi connectivity index (χ1n) is 5.66. The molecule has 1 amide bonds. The van der Waals surface area contributed by atoms with E-state index in [2.05, 4.69) is 11.9 Å². The summed E-state index contributed by atoms with van der Waals surface area (Å²) in [6.45, 7) is 2.04. The molecule has 1 saturated heterocycles. The van der Waals surface area contributed by atoms with E-state index in [1.54, 1.807) is 0 Å². The first kappa shape index (κ1) is 10.9. The van der Waals surface area contributed by atoms with Crippen LogP contribution >= 0.6 is 0 Å². The second kappa shape index (κ2) is 3.76. The summed E-state index contributed by atoms with van der Waals surface area (Å²) in [4.78, 5) is 16.2. The van der Waals surface area contributed by atoms with Crippen molar-refractivity contribution in [1.29, 1.82) is 0 Å². The quantitative estimate of drug-likeness (QED) is 0.711. The third-order valence-corrected chi connectivity index (χ3v) is 3.84. The van der Waals surface area contributed by atoms with Gasteiger partial charge in [0.1, 0.15) is 0 Å². The number of nitrogens with zero attached hydrogens (tertiary/aromatic N) is 2. The Balaban J connectivity index is 1.96. The Bertz CT molecular complexity index is 263. The number of rotatable bonds is 3. The van der Waals surface area contributed by atoms with Crippen molar-refractivity contribution in [3.05, 3.63) is 0 Å². The third kappa shape index (κ3) is 1.88. The zero-order valence-electron chi connectivity index (χ0n) is 9.57. The molecule has 0 bridgehead atoms. The van der Waals surface area contributed by atoms with E-state index in [0.717, 1.165) is 32.4 Å². The molecule has 1 aliphatic carbocycles. The molecule has 4 nitrogen and oxygen atoms in total. The van der Waals surface area contributed by atoms with E-state index < -0.39 is 5.41 Å². The first-order valence-corrected chi connectivity index (χ1v) is 5.66. The van der Waals surface area contributed by atoms with Gasteiger partial charge >= 0.3 is 0 Å². The van der Waals surface area contributed by atoms with Crippen LogP contribution in [0.1, 0.15) is 19.3 Å². The normalized spacial score (nSPS) is 29.1.